The molecule has 66 valence electrons. The molecule has 0 radical (unpaired) electrons. The van der Waals surface area contributed by atoms with Gasteiger partial charge in [0.05, 0.1) is 0 Å². The van der Waals surface area contributed by atoms with Crippen LogP contribution in [0.5, 0.6) is 0 Å². The Morgan fingerprint density at radius 3 is 2.46 bits per heavy atom. The standard InChI is InChI=1S/C10H9BrN2/c1-8-2-4-9(5-3-8)13-6-10(11)12-7-13/h2-7H,1H3. The second-order valence-corrected chi connectivity index (χ2v) is 3.75. The molecule has 0 spiro atoms. The topological polar surface area (TPSA) is 17.8 Å². The first-order chi connectivity index (χ1) is 6.25. The van der Waals surface area contributed by atoms with Crippen molar-refractivity contribution >= 4 is 15.9 Å². The number of rotatable bonds is 1. The average molecular weight is 237 g/mol. The first kappa shape index (κ1) is 8.51. The number of imidazole rings is 1. The summed E-state index contributed by atoms with van der Waals surface area (Å²) in [6.45, 7) is 2.08. The third kappa shape index (κ3) is 1.80. The fourth-order valence-corrected chi connectivity index (χ4v) is 1.47. The number of nitrogens with zero attached hydrogens (tertiary/aromatic N) is 2. The number of hydrogen-bond acceptors (Lipinski definition) is 1. The van der Waals surface area contributed by atoms with Crippen LogP contribution in [-0.2, 0) is 0 Å². The summed E-state index contributed by atoms with van der Waals surface area (Å²) in [4.78, 5) is 4.10. The lowest BCUT2D eigenvalue weighted by Gasteiger charge is -2.00. The maximum absolute atomic E-state index is 4.10. The van der Waals surface area contributed by atoms with Crippen molar-refractivity contribution in [2.45, 2.75) is 6.92 Å². The Hall–Kier alpha value is -1.09. The van der Waals surface area contributed by atoms with Crippen LogP contribution in [0.15, 0.2) is 41.4 Å². The fraction of sp³-hybridized carbons (Fsp3) is 0.100. The monoisotopic (exact) mass is 236 g/mol. The van der Waals surface area contributed by atoms with E-state index in [1.54, 1.807) is 6.33 Å². The molecule has 0 atom stereocenters. The highest BCUT2D eigenvalue weighted by molar-refractivity contribution is 9.10. The predicted molar refractivity (Wildman–Crippen MR) is 56.0 cm³/mol. The summed E-state index contributed by atoms with van der Waals surface area (Å²) in [7, 11) is 0. The van der Waals surface area contributed by atoms with Gasteiger partial charge in [0.2, 0.25) is 0 Å². The van der Waals surface area contributed by atoms with Crippen molar-refractivity contribution in [1.82, 2.24) is 9.55 Å². The van der Waals surface area contributed by atoms with Gasteiger partial charge >= 0.3 is 0 Å². The zero-order valence-corrected chi connectivity index (χ0v) is 8.82. The maximum atomic E-state index is 4.10. The molecule has 0 saturated carbocycles. The Morgan fingerprint density at radius 1 is 1.23 bits per heavy atom. The van der Waals surface area contributed by atoms with Crippen molar-refractivity contribution in [2.24, 2.45) is 0 Å². The summed E-state index contributed by atoms with van der Waals surface area (Å²) in [5, 5.41) is 0. The van der Waals surface area contributed by atoms with Crippen LogP contribution < -0.4 is 0 Å². The summed E-state index contributed by atoms with van der Waals surface area (Å²) in [5.41, 5.74) is 2.40. The van der Waals surface area contributed by atoms with E-state index in [1.807, 2.05) is 10.8 Å². The third-order valence-electron chi connectivity index (χ3n) is 1.88. The van der Waals surface area contributed by atoms with E-state index in [2.05, 4.69) is 52.1 Å². The van der Waals surface area contributed by atoms with Crippen molar-refractivity contribution < 1.29 is 0 Å². The number of benzene rings is 1. The highest BCUT2D eigenvalue weighted by atomic mass is 79.9. The minimum Gasteiger partial charge on any atom is -0.305 e. The zero-order chi connectivity index (χ0) is 9.26. The first-order valence-electron chi connectivity index (χ1n) is 4.02. The second-order valence-electron chi connectivity index (χ2n) is 2.94. The number of halogens is 1. The van der Waals surface area contributed by atoms with Gasteiger partial charge in [-0.15, -0.1) is 0 Å². The molecule has 1 aromatic heterocycles. The van der Waals surface area contributed by atoms with Gasteiger partial charge in [-0.2, -0.15) is 0 Å². The van der Waals surface area contributed by atoms with Crippen LogP contribution in [0, 0.1) is 6.92 Å². The van der Waals surface area contributed by atoms with Gasteiger partial charge in [-0.05, 0) is 35.0 Å². The Morgan fingerprint density at radius 2 is 1.92 bits per heavy atom. The molecule has 1 aromatic carbocycles. The smallest absolute Gasteiger partial charge is 0.124 e. The van der Waals surface area contributed by atoms with Crippen molar-refractivity contribution in [1.29, 1.82) is 0 Å². The van der Waals surface area contributed by atoms with Gasteiger partial charge in [-0.25, -0.2) is 4.98 Å². The SMILES string of the molecule is Cc1ccc(-n2cnc(Br)c2)cc1. The van der Waals surface area contributed by atoms with E-state index in [9.17, 15) is 0 Å². The van der Waals surface area contributed by atoms with Crippen molar-refractivity contribution in [3.05, 3.63) is 47.0 Å². The van der Waals surface area contributed by atoms with E-state index in [1.165, 1.54) is 5.56 Å². The zero-order valence-electron chi connectivity index (χ0n) is 7.24. The summed E-state index contributed by atoms with van der Waals surface area (Å²) < 4.78 is 2.83. The van der Waals surface area contributed by atoms with Gasteiger partial charge in [-0.1, -0.05) is 17.7 Å². The molecule has 0 bridgehead atoms. The molecule has 0 aliphatic carbocycles. The van der Waals surface area contributed by atoms with E-state index >= 15 is 0 Å². The summed E-state index contributed by atoms with van der Waals surface area (Å²) >= 11 is 3.31. The quantitative estimate of drug-likeness (QED) is 0.745. The molecule has 2 nitrogen and oxygen atoms in total. The van der Waals surface area contributed by atoms with E-state index in [4.69, 9.17) is 0 Å². The summed E-state index contributed by atoms with van der Waals surface area (Å²) in [6, 6.07) is 8.32. The van der Waals surface area contributed by atoms with Gasteiger partial charge in [0.25, 0.3) is 0 Å². The number of aromatic nitrogens is 2. The van der Waals surface area contributed by atoms with Crippen LogP contribution >= 0.6 is 15.9 Å². The van der Waals surface area contributed by atoms with E-state index in [-0.39, 0.29) is 0 Å². The molecule has 0 saturated heterocycles. The van der Waals surface area contributed by atoms with Crippen LogP contribution in [0.25, 0.3) is 5.69 Å². The van der Waals surface area contributed by atoms with Crippen molar-refractivity contribution in [3.63, 3.8) is 0 Å². The molecular formula is C10H9BrN2. The number of hydrogen-bond donors (Lipinski definition) is 0. The van der Waals surface area contributed by atoms with Gasteiger partial charge in [0.1, 0.15) is 10.9 Å². The van der Waals surface area contributed by atoms with Crippen molar-refractivity contribution in [2.75, 3.05) is 0 Å². The molecule has 2 rings (SSSR count). The molecule has 1 heterocycles. The second kappa shape index (κ2) is 3.34. The van der Waals surface area contributed by atoms with E-state index < -0.39 is 0 Å². The Bertz CT molecular complexity index is 403. The van der Waals surface area contributed by atoms with Gasteiger partial charge in [0, 0.05) is 11.9 Å². The molecule has 0 aliphatic heterocycles. The lowest BCUT2D eigenvalue weighted by Crippen LogP contribution is -1.88. The Balaban J connectivity index is 2.41. The normalized spacial score (nSPS) is 10.3. The molecule has 2 aromatic rings. The van der Waals surface area contributed by atoms with Crippen LogP contribution in [-0.4, -0.2) is 9.55 Å². The van der Waals surface area contributed by atoms with Crippen LogP contribution in [0.4, 0.5) is 0 Å². The van der Waals surface area contributed by atoms with E-state index in [0.717, 1.165) is 10.3 Å². The molecule has 0 unspecified atom stereocenters. The van der Waals surface area contributed by atoms with Crippen LogP contribution in [0.2, 0.25) is 0 Å². The minimum absolute atomic E-state index is 0.855. The van der Waals surface area contributed by atoms with Crippen LogP contribution in [0.3, 0.4) is 0 Å². The number of aryl methyl sites for hydroxylation is 1. The molecule has 0 fully saturated rings. The van der Waals surface area contributed by atoms with Crippen molar-refractivity contribution in [3.8, 4) is 5.69 Å². The molecule has 0 amide bonds. The minimum atomic E-state index is 0.855. The first-order valence-corrected chi connectivity index (χ1v) is 4.81. The van der Waals surface area contributed by atoms with Gasteiger partial charge in [0.15, 0.2) is 0 Å². The largest absolute Gasteiger partial charge is 0.305 e. The summed E-state index contributed by atoms with van der Waals surface area (Å²) in [5.74, 6) is 0. The third-order valence-corrected chi connectivity index (χ3v) is 2.29. The average Bonchev–Trinajstić information content (AvgIpc) is 2.53. The lowest BCUT2D eigenvalue weighted by molar-refractivity contribution is 1.05. The molecule has 0 aliphatic rings. The summed E-state index contributed by atoms with van der Waals surface area (Å²) in [6.07, 6.45) is 3.72. The Labute approximate surface area is 85.4 Å². The highest BCUT2D eigenvalue weighted by Gasteiger charge is 1.96. The van der Waals surface area contributed by atoms with E-state index in [0.29, 0.717) is 0 Å². The molecule has 3 heteroatoms. The van der Waals surface area contributed by atoms with Gasteiger partial charge in [-0.3, -0.25) is 0 Å². The highest BCUT2D eigenvalue weighted by Crippen LogP contribution is 2.12. The molecule has 0 N–H and O–H groups in total. The molecular weight excluding hydrogens is 228 g/mol. The fourth-order valence-electron chi connectivity index (χ4n) is 1.16. The Kier molecular flexibility index (Phi) is 2.19. The maximum Gasteiger partial charge on any atom is 0.124 e. The molecule has 13 heavy (non-hydrogen) atoms. The predicted octanol–water partition coefficient (Wildman–Crippen LogP) is 2.94. The van der Waals surface area contributed by atoms with Gasteiger partial charge < -0.3 is 4.57 Å². The lowest BCUT2D eigenvalue weighted by atomic mass is 10.2. The van der Waals surface area contributed by atoms with Crippen LogP contribution in [0.1, 0.15) is 5.56 Å².